The zero-order valence-corrected chi connectivity index (χ0v) is 11.6. The van der Waals surface area contributed by atoms with Gasteiger partial charge >= 0.3 is 0 Å². The van der Waals surface area contributed by atoms with E-state index in [1.165, 1.54) is 0 Å². The number of amides is 1. The van der Waals surface area contributed by atoms with Crippen LogP contribution in [-0.4, -0.2) is 30.2 Å². The second-order valence-corrected chi connectivity index (χ2v) is 5.64. The van der Waals surface area contributed by atoms with Crippen molar-refractivity contribution in [1.29, 1.82) is 0 Å². The maximum Gasteiger partial charge on any atom is 0.224 e. The van der Waals surface area contributed by atoms with Crippen molar-refractivity contribution in [3.63, 3.8) is 0 Å². The zero-order valence-electron chi connectivity index (χ0n) is 11.6. The van der Waals surface area contributed by atoms with Gasteiger partial charge in [0.05, 0.1) is 24.0 Å². The SMILES string of the molecule is Nc1cc2c(cc1N1CCCCC1CO)NC(=O)CC2. The molecule has 2 heterocycles. The molecular formula is C15H21N3O2. The molecule has 1 amide bonds. The highest BCUT2D eigenvalue weighted by Crippen LogP contribution is 2.36. The van der Waals surface area contributed by atoms with Gasteiger partial charge < -0.3 is 21.1 Å². The Bertz CT molecular complexity index is 530. The Balaban J connectivity index is 1.96. The molecule has 0 bridgehead atoms. The second-order valence-electron chi connectivity index (χ2n) is 5.64. The number of aliphatic hydroxyl groups is 1. The highest BCUT2D eigenvalue weighted by atomic mass is 16.3. The van der Waals surface area contributed by atoms with E-state index in [0.717, 1.165) is 54.9 Å². The van der Waals surface area contributed by atoms with E-state index in [4.69, 9.17) is 5.73 Å². The summed E-state index contributed by atoms with van der Waals surface area (Å²) in [6.45, 7) is 1.05. The number of piperidine rings is 1. The van der Waals surface area contributed by atoms with Crippen LogP contribution in [0, 0.1) is 0 Å². The fourth-order valence-electron chi connectivity index (χ4n) is 3.19. The minimum Gasteiger partial charge on any atom is -0.397 e. The zero-order chi connectivity index (χ0) is 14.1. The number of hydrogen-bond acceptors (Lipinski definition) is 4. The molecule has 108 valence electrons. The molecule has 3 rings (SSSR count). The van der Waals surface area contributed by atoms with Gasteiger partial charge in [0, 0.05) is 18.7 Å². The fraction of sp³-hybridized carbons (Fsp3) is 0.533. The number of nitrogens with two attached hydrogens (primary N) is 1. The quantitative estimate of drug-likeness (QED) is 0.715. The molecule has 0 aromatic heterocycles. The third-order valence-electron chi connectivity index (χ3n) is 4.30. The van der Waals surface area contributed by atoms with E-state index in [0.29, 0.717) is 6.42 Å². The number of rotatable bonds is 2. The first-order valence-corrected chi connectivity index (χ1v) is 7.29. The van der Waals surface area contributed by atoms with Crippen molar-refractivity contribution in [3.8, 4) is 0 Å². The molecular weight excluding hydrogens is 254 g/mol. The number of carbonyl (C=O) groups is 1. The predicted octanol–water partition coefficient (Wildman–Crippen LogP) is 1.50. The maximum absolute atomic E-state index is 11.5. The summed E-state index contributed by atoms with van der Waals surface area (Å²) >= 11 is 0. The Kier molecular flexibility index (Phi) is 3.53. The number of aryl methyl sites for hydroxylation is 1. The largest absolute Gasteiger partial charge is 0.397 e. The topological polar surface area (TPSA) is 78.6 Å². The molecule has 1 fully saturated rings. The van der Waals surface area contributed by atoms with Crippen LogP contribution in [0.3, 0.4) is 0 Å². The van der Waals surface area contributed by atoms with Crippen molar-refractivity contribution < 1.29 is 9.90 Å². The minimum atomic E-state index is 0.0607. The summed E-state index contributed by atoms with van der Waals surface area (Å²) in [6, 6.07) is 4.06. The highest BCUT2D eigenvalue weighted by molar-refractivity contribution is 5.95. The molecule has 0 aliphatic carbocycles. The predicted molar refractivity (Wildman–Crippen MR) is 79.9 cm³/mol. The number of fused-ring (bicyclic) bond motifs is 1. The Hall–Kier alpha value is -1.75. The number of nitrogen functional groups attached to an aromatic ring is 1. The van der Waals surface area contributed by atoms with Crippen molar-refractivity contribution in [2.45, 2.75) is 38.1 Å². The molecule has 20 heavy (non-hydrogen) atoms. The van der Waals surface area contributed by atoms with Gasteiger partial charge in [-0.3, -0.25) is 4.79 Å². The third kappa shape index (κ3) is 2.33. The lowest BCUT2D eigenvalue weighted by molar-refractivity contribution is -0.116. The molecule has 4 N–H and O–H groups in total. The van der Waals surface area contributed by atoms with Gasteiger partial charge in [-0.1, -0.05) is 0 Å². The Labute approximate surface area is 118 Å². The number of nitrogens with one attached hydrogen (secondary N) is 1. The average molecular weight is 275 g/mol. The molecule has 1 unspecified atom stereocenters. The van der Waals surface area contributed by atoms with Crippen LogP contribution < -0.4 is 16.0 Å². The Morgan fingerprint density at radius 2 is 2.20 bits per heavy atom. The molecule has 2 aliphatic heterocycles. The van der Waals surface area contributed by atoms with E-state index in [9.17, 15) is 9.90 Å². The van der Waals surface area contributed by atoms with Crippen LogP contribution in [0.2, 0.25) is 0 Å². The number of nitrogens with zero attached hydrogens (tertiary/aromatic N) is 1. The van der Waals surface area contributed by atoms with Gasteiger partial charge in [0.1, 0.15) is 0 Å². The molecule has 1 aromatic carbocycles. The standard InChI is InChI=1S/C15H21N3O2/c16-12-7-10-4-5-15(20)17-13(10)8-14(12)18-6-2-1-3-11(18)9-19/h7-8,11,19H,1-6,9,16H2,(H,17,20). The number of aliphatic hydroxyl groups excluding tert-OH is 1. The van der Waals surface area contributed by atoms with Gasteiger partial charge in [0.25, 0.3) is 0 Å². The monoisotopic (exact) mass is 275 g/mol. The summed E-state index contributed by atoms with van der Waals surface area (Å²) < 4.78 is 0. The molecule has 5 nitrogen and oxygen atoms in total. The molecule has 5 heteroatoms. The first-order valence-electron chi connectivity index (χ1n) is 7.29. The van der Waals surface area contributed by atoms with E-state index < -0.39 is 0 Å². The van der Waals surface area contributed by atoms with Crippen LogP contribution in [0.15, 0.2) is 12.1 Å². The molecule has 2 aliphatic rings. The van der Waals surface area contributed by atoms with Crippen molar-refractivity contribution in [2.75, 3.05) is 29.1 Å². The number of carbonyl (C=O) groups excluding carboxylic acids is 1. The van der Waals surface area contributed by atoms with Gasteiger partial charge in [-0.2, -0.15) is 0 Å². The fourth-order valence-corrected chi connectivity index (χ4v) is 3.19. The lowest BCUT2D eigenvalue weighted by atomic mass is 9.98. The molecule has 1 atom stereocenters. The maximum atomic E-state index is 11.5. The van der Waals surface area contributed by atoms with Gasteiger partial charge in [0.2, 0.25) is 5.91 Å². The summed E-state index contributed by atoms with van der Waals surface area (Å²) in [5.41, 5.74) is 9.83. The summed E-state index contributed by atoms with van der Waals surface area (Å²) in [6.07, 6.45) is 4.51. The smallest absolute Gasteiger partial charge is 0.224 e. The average Bonchev–Trinajstić information content (AvgIpc) is 2.47. The van der Waals surface area contributed by atoms with Crippen LogP contribution >= 0.6 is 0 Å². The number of anilines is 3. The molecule has 1 aromatic rings. The lowest BCUT2D eigenvalue weighted by Gasteiger charge is -2.37. The molecule has 0 radical (unpaired) electrons. The van der Waals surface area contributed by atoms with Crippen molar-refractivity contribution >= 4 is 23.0 Å². The van der Waals surface area contributed by atoms with Crippen LogP contribution in [0.25, 0.3) is 0 Å². The summed E-state index contributed by atoms with van der Waals surface area (Å²) in [4.78, 5) is 13.7. The first-order chi connectivity index (χ1) is 9.69. The minimum absolute atomic E-state index is 0.0607. The van der Waals surface area contributed by atoms with Crippen LogP contribution in [0.1, 0.15) is 31.2 Å². The van der Waals surface area contributed by atoms with E-state index >= 15 is 0 Å². The van der Waals surface area contributed by atoms with E-state index in [1.807, 2.05) is 12.1 Å². The van der Waals surface area contributed by atoms with Crippen LogP contribution in [0.5, 0.6) is 0 Å². The Morgan fingerprint density at radius 3 is 3.00 bits per heavy atom. The highest BCUT2D eigenvalue weighted by Gasteiger charge is 2.25. The van der Waals surface area contributed by atoms with Gasteiger partial charge in [0.15, 0.2) is 0 Å². The van der Waals surface area contributed by atoms with E-state index in [2.05, 4.69) is 10.2 Å². The van der Waals surface area contributed by atoms with E-state index in [-0.39, 0.29) is 18.6 Å². The van der Waals surface area contributed by atoms with E-state index in [1.54, 1.807) is 0 Å². The van der Waals surface area contributed by atoms with Gasteiger partial charge in [-0.05, 0) is 43.4 Å². The number of hydrogen-bond donors (Lipinski definition) is 3. The first kappa shape index (κ1) is 13.2. The summed E-state index contributed by atoms with van der Waals surface area (Å²) in [5, 5.41) is 12.5. The van der Waals surface area contributed by atoms with Gasteiger partial charge in [-0.15, -0.1) is 0 Å². The summed E-state index contributed by atoms with van der Waals surface area (Å²) in [5.74, 6) is 0.0607. The molecule has 1 saturated heterocycles. The van der Waals surface area contributed by atoms with Crippen LogP contribution in [-0.2, 0) is 11.2 Å². The molecule has 0 spiro atoms. The normalized spacial score (nSPS) is 22.4. The second kappa shape index (κ2) is 5.32. The van der Waals surface area contributed by atoms with Crippen LogP contribution in [0.4, 0.5) is 17.1 Å². The van der Waals surface area contributed by atoms with Crippen molar-refractivity contribution in [2.24, 2.45) is 0 Å². The number of benzene rings is 1. The third-order valence-corrected chi connectivity index (χ3v) is 4.30. The summed E-state index contributed by atoms with van der Waals surface area (Å²) in [7, 11) is 0. The Morgan fingerprint density at radius 1 is 1.35 bits per heavy atom. The lowest BCUT2D eigenvalue weighted by Crippen LogP contribution is -2.42. The van der Waals surface area contributed by atoms with Gasteiger partial charge in [-0.25, -0.2) is 0 Å². The van der Waals surface area contributed by atoms with Crippen molar-refractivity contribution in [3.05, 3.63) is 17.7 Å². The van der Waals surface area contributed by atoms with Crippen molar-refractivity contribution in [1.82, 2.24) is 0 Å². The molecule has 0 saturated carbocycles.